The van der Waals surface area contributed by atoms with Crippen molar-refractivity contribution in [1.29, 1.82) is 0 Å². The van der Waals surface area contributed by atoms with Gasteiger partial charge in [-0.25, -0.2) is 4.79 Å². The van der Waals surface area contributed by atoms with E-state index in [1.807, 2.05) is 41.0 Å². The number of nitrogens with one attached hydrogen (secondary N) is 1. The van der Waals surface area contributed by atoms with Gasteiger partial charge in [-0.1, -0.05) is 30.0 Å². The molecule has 0 atom stereocenters. The number of rotatable bonds is 6. The molecule has 0 radical (unpaired) electrons. The van der Waals surface area contributed by atoms with Gasteiger partial charge in [0.1, 0.15) is 0 Å². The summed E-state index contributed by atoms with van der Waals surface area (Å²) in [6.45, 7) is 0.374. The average molecular weight is 369 g/mol. The Bertz CT molecular complexity index is 907. The number of para-hydroxylation sites is 1. The molecular formula is C17H15N5O3S. The Labute approximate surface area is 153 Å². The van der Waals surface area contributed by atoms with Gasteiger partial charge in [-0.15, -0.1) is 10.2 Å². The molecule has 0 saturated carbocycles. The summed E-state index contributed by atoms with van der Waals surface area (Å²) >= 11 is 1.42. The predicted molar refractivity (Wildman–Crippen MR) is 94.9 cm³/mol. The van der Waals surface area contributed by atoms with Crippen molar-refractivity contribution in [1.82, 2.24) is 25.0 Å². The van der Waals surface area contributed by atoms with Gasteiger partial charge in [0.05, 0.1) is 12.8 Å². The van der Waals surface area contributed by atoms with E-state index in [4.69, 9.17) is 4.42 Å². The molecule has 3 amide bonds. The van der Waals surface area contributed by atoms with E-state index in [9.17, 15) is 9.59 Å². The van der Waals surface area contributed by atoms with E-state index < -0.39 is 0 Å². The summed E-state index contributed by atoms with van der Waals surface area (Å²) in [4.78, 5) is 24.5. The highest BCUT2D eigenvalue weighted by molar-refractivity contribution is 7.99. The van der Waals surface area contributed by atoms with Crippen LogP contribution in [-0.2, 0) is 4.79 Å². The normalized spacial score (nSPS) is 14.1. The van der Waals surface area contributed by atoms with Crippen molar-refractivity contribution >= 4 is 23.7 Å². The Morgan fingerprint density at radius 2 is 1.96 bits per heavy atom. The quantitative estimate of drug-likeness (QED) is 0.529. The summed E-state index contributed by atoms with van der Waals surface area (Å²) in [7, 11) is 0. The van der Waals surface area contributed by atoms with Crippen molar-refractivity contribution in [3.05, 3.63) is 48.7 Å². The summed E-state index contributed by atoms with van der Waals surface area (Å²) < 4.78 is 7.37. The van der Waals surface area contributed by atoms with E-state index >= 15 is 0 Å². The first kappa shape index (κ1) is 16.4. The highest BCUT2D eigenvalue weighted by Crippen LogP contribution is 2.28. The number of imide groups is 1. The largest absolute Gasteiger partial charge is 0.461 e. The third-order valence-corrected chi connectivity index (χ3v) is 4.78. The van der Waals surface area contributed by atoms with E-state index in [-0.39, 0.29) is 18.5 Å². The van der Waals surface area contributed by atoms with Crippen LogP contribution >= 0.6 is 11.8 Å². The third-order valence-electron chi connectivity index (χ3n) is 3.87. The maximum Gasteiger partial charge on any atom is 0.324 e. The number of thioether (sulfide) groups is 1. The number of amides is 3. The number of carbonyl (C=O) groups is 2. The molecule has 8 nitrogen and oxygen atoms in total. The summed E-state index contributed by atoms with van der Waals surface area (Å²) in [5.41, 5.74) is 0.904. The van der Waals surface area contributed by atoms with E-state index in [1.54, 1.807) is 12.3 Å². The molecule has 1 aliphatic heterocycles. The van der Waals surface area contributed by atoms with Crippen LogP contribution in [0.4, 0.5) is 4.79 Å². The van der Waals surface area contributed by atoms with Crippen molar-refractivity contribution < 1.29 is 14.0 Å². The van der Waals surface area contributed by atoms with Crippen LogP contribution in [0.5, 0.6) is 0 Å². The van der Waals surface area contributed by atoms with Crippen LogP contribution < -0.4 is 5.32 Å². The average Bonchev–Trinajstić information content (AvgIpc) is 3.38. The first-order valence-corrected chi connectivity index (χ1v) is 8.98. The molecular weight excluding hydrogens is 354 g/mol. The van der Waals surface area contributed by atoms with Crippen LogP contribution in [0.3, 0.4) is 0 Å². The second kappa shape index (κ2) is 7.04. The van der Waals surface area contributed by atoms with Gasteiger partial charge in [0, 0.05) is 18.0 Å². The first-order chi connectivity index (χ1) is 12.7. The molecule has 1 aromatic carbocycles. The van der Waals surface area contributed by atoms with Crippen molar-refractivity contribution in [3.63, 3.8) is 0 Å². The monoisotopic (exact) mass is 369 g/mol. The van der Waals surface area contributed by atoms with Crippen LogP contribution in [-0.4, -0.2) is 50.4 Å². The highest BCUT2D eigenvalue weighted by atomic mass is 32.2. The fourth-order valence-electron chi connectivity index (χ4n) is 2.65. The summed E-state index contributed by atoms with van der Waals surface area (Å²) in [5.74, 6) is 1.51. The van der Waals surface area contributed by atoms with Gasteiger partial charge in [0.15, 0.2) is 10.9 Å². The van der Waals surface area contributed by atoms with Gasteiger partial charge in [-0.05, 0) is 24.3 Å². The van der Waals surface area contributed by atoms with Crippen LogP contribution in [0.15, 0.2) is 58.3 Å². The van der Waals surface area contributed by atoms with Crippen LogP contribution in [0.1, 0.15) is 0 Å². The third kappa shape index (κ3) is 3.08. The fourth-order valence-corrected chi connectivity index (χ4v) is 3.52. The zero-order valence-electron chi connectivity index (χ0n) is 13.7. The highest BCUT2D eigenvalue weighted by Gasteiger charge is 2.28. The molecule has 132 valence electrons. The maximum absolute atomic E-state index is 11.7. The zero-order chi connectivity index (χ0) is 17.9. The lowest BCUT2D eigenvalue weighted by atomic mass is 10.3. The van der Waals surface area contributed by atoms with E-state index in [1.165, 1.54) is 16.7 Å². The number of nitrogens with zero attached hydrogens (tertiary/aromatic N) is 4. The molecule has 0 bridgehead atoms. The lowest BCUT2D eigenvalue weighted by Crippen LogP contribution is -2.32. The van der Waals surface area contributed by atoms with Gasteiger partial charge >= 0.3 is 6.03 Å². The number of aromatic nitrogens is 3. The van der Waals surface area contributed by atoms with E-state index in [2.05, 4.69) is 15.5 Å². The number of benzene rings is 1. The Hall–Kier alpha value is -3.07. The molecule has 0 aliphatic carbocycles. The molecule has 0 unspecified atom stereocenters. The zero-order valence-corrected chi connectivity index (χ0v) is 14.5. The number of urea groups is 1. The Kier molecular flexibility index (Phi) is 4.44. The van der Waals surface area contributed by atoms with Gasteiger partial charge < -0.3 is 9.73 Å². The van der Waals surface area contributed by atoms with Gasteiger partial charge in [0.2, 0.25) is 11.7 Å². The Morgan fingerprint density at radius 1 is 1.12 bits per heavy atom. The van der Waals surface area contributed by atoms with Gasteiger partial charge in [-0.3, -0.25) is 14.3 Å². The van der Waals surface area contributed by atoms with E-state index in [0.29, 0.717) is 29.0 Å². The molecule has 1 N–H and O–H groups in total. The second-order valence-corrected chi connectivity index (χ2v) is 6.57. The molecule has 26 heavy (non-hydrogen) atoms. The molecule has 2 aromatic heterocycles. The van der Waals surface area contributed by atoms with Gasteiger partial charge in [-0.2, -0.15) is 0 Å². The molecule has 1 saturated heterocycles. The molecule has 4 rings (SSSR count). The Balaban J connectivity index is 1.58. The minimum Gasteiger partial charge on any atom is -0.461 e. The smallest absolute Gasteiger partial charge is 0.324 e. The molecule has 1 aliphatic rings. The molecule has 1 fully saturated rings. The van der Waals surface area contributed by atoms with Crippen LogP contribution in [0, 0.1) is 0 Å². The lowest BCUT2D eigenvalue weighted by Gasteiger charge is -2.12. The number of carbonyl (C=O) groups excluding carboxylic acids is 2. The standard InChI is InChI=1S/C17H15N5O3S/c23-14-11-18-16(24)21(14)8-10-26-17-20-19-15(13-7-4-9-25-13)22(17)12-5-2-1-3-6-12/h1-7,9H,8,10-11H2,(H,18,24). The molecule has 9 heteroatoms. The number of hydrogen-bond acceptors (Lipinski definition) is 6. The number of hydrogen-bond donors (Lipinski definition) is 1. The first-order valence-electron chi connectivity index (χ1n) is 8.00. The van der Waals surface area contributed by atoms with E-state index in [0.717, 1.165) is 5.69 Å². The Morgan fingerprint density at radius 3 is 2.65 bits per heavy atom. The van der Waals surface area contributed by atoms with Gasteiger partial charge in [0.25, 0.3) is 0 Å². The maximum atomic E-state index is 11.7. The minimum absolute atomic E-state index is 0.0618. The van der Waals surface area contributed by atoms with Crippen LogP contribution in [0.25, 0.3) is 17.3 Å². The second-order valence-electron chi connectivity index (χ2n) is 5.51. The van der Waals surface area contributed by atoms with Crippen molar-refractivity contribution in [3.8, 4) is 17.3 Å². The summed E-state index contributed by atoms with van der Waals surface area (Å²) in [6, 6.07) is 13.0. The summed E-state index contributed by atoms with van der Waals surface area (Å²) in [6.07, 6.45) is 1.59. The van der Waals surface area contributed by atoms with Crippen molar-refractivity contribution in [2.45, 2.75) is 5.16 Å². The minimum atomic E-state index is -0.351. The summed E-state index contributed by atoms with van der Waals surface area (Å²) in [5, 5.41) is 11.7. The molecule has 3 aromatic rings. The molecule has 3 heterocycles. The lowest BCUT2D eigenvalue weighted by molar-refractivity contribution is -0.124. The predicted octanol–water partition coefficient (Wildman–Crippen LogP) is 2.17. The topological polar surface area (TPSA) is 93.3 Å². The van der Waals surface area contributed by atoms with Crippen LogP contribution in [0.2, 0.25) is 0 Å². The molecule has 0 spiro atoms. The van der Waals surface area contributed by atoms with Crippen molar-refractivity contribution in [2.75, 3.05) is 18.8 Å². The SMILES string of the molecule is O=C1CNC(=O)N1CCSc1nnc(-c2ccco2)n1-c1ccccc1. The number of furan rings is 1. The fraction of sp³-hybridized carbons (Fsp3) is 0.176. The van der Waals surface area contributed by atoms with Crippen molar-refractivity contribution in [2.24, 2.45) is 0 Å².